The predicted molar refractivity (Wildman–Crippen MR) is 165 cm³/mol. The predicted octanol–water partition coefficient (Wildman–Crippen LogP) is 6.02. The Hall–Kier alpha value is -2.81. The average Bonchev–Trinajstić information content (AvgIpc) is 3.92. The fourth-order valence-corrected chi connectivity index (χ4v) is 7.02. The van der Waals surface area contributed by atoms with E-state index in [0.717, 1.165) is 71.8 Å². The number of hydrogen-bond donors (Lipinski definition) is 3. The second kappa shape index (κ2) is 12.8. The van der Waals surface area contributed by atoms with E-state index in [1.807, 2.05) is 25.3 Å². The molecule has 6 rings (SSSR count). The molecular formula is C34H47N5O3. The molecule has 3 aromatic rings. The zero-order valence-electron chi connectivity index (χ0n) is 25.3. The zero-order valence-corrected chi connectivity index (χ0v) is 25.3. The van der Waals surface area contributed by atoms with Crippen LogP contribution < -0.4 is 10.1 Å². The normalized spacial score (nSPS) is 21.5. The van der Waals surface area contributed by atoms with Gasteiger partial charge in [-0.2, -0.15) is 0 Å². The number of methoxy groups -OCH3 is 1. The molecule has 3 atom stereocenters. The highest BCUT2D eigenvalue weighted by Crippen LogP contribution is 2.60. The van der Waals surface area contributed by atoms with Crippen molar-refractivity contribution >= 4 is 16.7 Å². The van der Waals surface area contributed by atoms with Crippen molar-refractivity contribution in [1.82, 2.24) is 25.2 Å². The van der Waals surface area contributed by atoms with Crippen molar-refractivity contribution < 1.29 is 14.6 Å². The summed E-state index contributed by atoms with van der Waals surface area (Å²) < 4.78 is 5.72. The molecule has 8 nitrogen and oxygen atoms in total. The van der Waals surface area contributed by atoms with E-state index >= 15 is 0 Å². The molecule has 3 fully saturated rings. The number of nitrogens with one attached hydrogen (secondary N) is 2. The molecule has 2 aliphatic carbocycles. The third-order valence-corrected chi connectivity index (χ3v) is 10.1. The lowest BCUT2D eigenvalue weighted by Crippen LogP contribution is -2.40. The van der Waals surface area contributed by atoms with Crippen LogP contribution in [0, 0.1) is 17.3 Å². The van der Waals surface area contributed by atoms with Crippen LogP contribution in [0.3, 0.4) is 0 Å². The molecule has 8 heteroatoms. The fourth-order valence-electron chi connectivity index (χ4n) is 7.02. The number of rotatable bonds is 15. The number of nitrogens with zero attached hydrogens (tertiary/aromatic N) is 3. The number of aliphatic hydroxyl groups excluding tert-OH is 1. The maximum absolute atomic E-state index is 11.8. The van der Waals surface area contributed by atoms with Crippen LogP contribution in [0.25, 0.3) is 22.2 Å². The standard InChI is InChI=1S/C34H47N5O3/c1-3-25(40)9-5-4-6-10-28(38-33(41)27-20-34(27)13-16-39(17-14-34)22-23-11-12-23)32-36-21-30(37-32)26-18-24-8-7-15-35-29(24)19-31(26)42-2/h7-8,15,18-19,21,23,27-28,33,38,41H,3-6,9-14,16-17,20,22H2,1-2H3,(H,36,37)/t27-,28+,33?/m1/s1. The highest BCUT2D eigenvalue weighted by molar-refractivity contribution is 5.87. The van der Waals surface area contributed by atoms with Gasteiger partial charge in [0.15, 0.2) is 0 Å². The van der Waals surface area contributed by atoms with Crippen LogP contribution in [-0.4, -0.2) is 63.7 Å². The Morgan fingerprint density at radius 3 is 2.81 bits per heavy atom. The number of carbonyl (C=O) groups excluding carboxylic acids is 1. The van der Waals surface area contributed by atoms with E-state index < -0.39 is 6.23 Å². The quantitative estimate of drug-likeness (QED) is 0.151. The average molecular weight is 574 g/mol. The number of hydrogen-bond acceptors (Lipinski definition) is 7. The lowest BCUT2D eigenvalue weighted by atomic mass is 9.90. The molecule has 0 amide bonds. The molecule has 1 aliphatic heterocycles. The summed E-state index contributed by atoms with van der Waals surface area (Å²) in [6.07, 6.45) is 14.4. The van der Waals surface area contributed by atoms with Gasteiger partial charge in [-0.15, -0.1) is 0 Å². The van der Waals surface area contributed by atoms with Gasteiger partial charge in [-0.05, 0) is 81.5 Å². The van der Waals surface area contributed by atoms with Crippen molar-refractivity contribution in [3.05, 3.63) is 42.5 Å². The number of carbonyl (C=O) groups is 1. The molecule has 0 radical (unpaired) electrons. The molecule has 3 heterocycles. The van der Waals surface area contributed by atoms with Crippen molar-refractivity contribution in [3.8, 4) is 17.0 Å². The van der Waals surface area contributed by atoms with Crippen molar-refractivity contribution in [2.24, 2.45) is 17.3 Å². The first-order chi connectivity index (χ1) is 20.5. The Balaban J connectivity index is 1.14. The summed E-state index contributed by atoms with van der Waals surface area (Å²) in [6, 6.07) is 7.94. The molecule has 3 N–H and O–H groups in total. The fraction of sp³-hybridized carbons (Fsp3) is 0.618. The van der Waals surface area contributed by atoms with Gasteiger partial charge in [0, 0.05) is 48.5 Å². The number of aromatic nitrogens is 3. The molecule has 226 valence electrons. The summed E-state index contributed by atoms with van der Waals surface area (Å²) >= 11 is 0. The molecular weight excluding hydrogens is 526 g/mol. The Kier molecular flexibility index (Phi) is 8.93. The second-order valence-corrected chi connectivity index (χ2v) is 13.0. The number of aromatic amines is 1. The van der Waals surface area contributed by atoms with Gasteiger partial charge in [-0.3, -0.25) is 15.1 Å². The largest absolute Gasteiger partial charge is 0.496 e. The van der Waals surface area contributed by atoms with E-state index in [1.54, 1.807) is 13.3 Å². The van der Waals surface area contributed by atoms with Crippen molar-refractivity contribution in [3.63, 3.8) is 0 Å². The Morgan fingerprint density at radius 1 is 1.21 bits per heavy atom. The van der Waals surface area contributed by atoms with Gasteiger partial charge in [-0.1, -0.05) is 25.8 Å². The van der Waals surface area contributed by atoms with E-state index in [-0.39, 0.29) is 6.04 Å². The zero-order chi connectivity index (χ0) is 29.1. The SMILES string of the molecule is CCC(=O)CCCCC[C@H](NC(O)[C@H]1CC12CCN(CC1CC1)CC2)c1ncc(-c2cc3cccnc3cc2OC)[nH]1. The van der Waals surface area contributed by atoms with E-state index in [2.05, 4.69) is 32.3 Å². The van der Waals surface area contributed by atoms with Gasteiger partial charge < -0.3 is 19.7 Å². The van der Waals surface area contributed by atoms with Gasteiger partial charge in [0.05, 0.1) is 30.6 Å². The van der Waals surface area contributed by atoms with Crippen molar-refractivity contribution in [2.75, 3.05) is 26.7 Å². The van der Waals surface area contributed by atoms with Crippen LogP contribution in [0.5, 0.6) is 5.75 Å². The van der Waals surface area contributed by atoms with Crippen molar-refractivity contribution in [2.45, 2.75) is 89.8 Å². The molecule has 0 bridgehead atoms. The number of benzene rings is 1. The summed E-state index contributed by atoms with van der Waals surface area (Å²) in [5.41, 5.74) is 3.00. The van der Waals surface area contributed by atoms with Gasteiger partial charge in [0.25, 0.3) is 0 Å². The summed E-state index contributed by atoms with van der Waals surface area (Å²) in [6.45, 7) is 5.54. The first kappa shape index (κ1) is 29.3. The summed E-state index contributed by atoms with van der Waals surface area (Å²) in [4.78, 5) is 27.3. The number of imidazole rings is 1. The Morgan fingerprint density at radius 2 is 2.05 bits per heavy atom. The number of likely N-dealkylation sites (tertiary alicyclic amines) is 1. The third kappa shape index (κ3) is 6.71. The summed E-state index contributed by atoms with van der Waals surface area (Å²) in [5.74, 6) is 3.14. The Labute approximate surface area is 249 Å². The molecule has 42 heavy (non-hydrogen) atoms. The van der Waals surface area contributed by atoms with Crippen LogP contribution >= 0.6 is 0 Å². The smallest absolute Gasteiger partial charge is 0.132 e. The third-order valence-electron chi connectivity index (χ3n) is 10.1. The molecule has 2 aromatic heterocycles. The molecule has 1 saturated heterocycles. The molecule has 3 aliphatic rings. The van der Waals surface area contributed by atoms with Crippen LogP contribution in [-0.2, 0) is 4.79 Å². The number of ether oxygens (including phenoxy) is 1. The van der Waals surface area contributed by atoms with E-state index in [0.29, 0.717) is 30.0 Å². The Bertz CT molecular complexity index is 1360. The van der Waals surface area contributed by atoms with E-state index in [1.165, 1.54) is 45.3 Å². The highest BCUT2D eigenvalue weighted by atomic mass is 16.5. The van der Waals surface area contributed by atoms with E-state index in [9.17, 15) is 9.90 Å². The molecule has 1 unspecified atom stereocenters. The van der Waals surface area contributed by atoms with Gasteiger partial charge in [0.2, 0.25) is 0 Å². The first-order valence-corrected chi connectivity index (χ1v) is 16.1. The highest BCUT2D eigenvalue weighted by Gasteiger charge is 2.58. The topological polar surface area (TPSA) is 103 Å². The number of H-pyrrole nitrogens is 1. The van der Waals surface area contributed by atoms with Crippen molar-refractivity contribution in [1.29, 1.82) is 0 Å². The number of pyridine rings is 1. The lowest BCUT2D eigenvalue weighted by Gasteiger charge is -2.34. The van der Waals surface area contributed by atoms with Crippen LogP contribution in [0.1, 0.15) is 89.4 Å². The van der Waals surface area contributed by atoms with Gasteiger partial charge in [0.1, 0.15) is 23.6 Å². The molecule has 1 spiro atoms. The maximum atomic E-state index is 11.8. The number of unbranched alkanes of at least 4 members (excludes halogenated alkanes) is 2. The minimum absolute atomic E-state index is 0.101. The number of Topliss-reactive ketones (excluding diaryl/α,β-unsaturated/α-hetero) is 1. The number of aliphatic hydroxyl groups is 1. The van der Waals surface area contributed by atoms with E-state index in [4.69, 9.17) is 9.72 Å². The summed E-state index contributed by atoms with van der Waals surface area (Å²) in [7, 11) is 1.68. The lowest BCUT2D eigenvalue weighted by molar-refractivity contribution is -0.118. The van der Waals surface area contributed by atoms with Crippen LogP contribution in [0.4, 0.5) is 0 Å². The maximum Gasteiger partial charge on any atom is 0.132 e. The first-order valence-electron chi connectivity index (χ1n) is 16.1. The molecule has 1 aromatic carbocycles. The van der Waals surface area contributed by atoms with Gasteiger partial charge in [-0.25, -0.2) is 4.98 Å². The number of fused-ring (bicyclic) bond motifs is 1. The minimum Gasteiger partial charge on any atom is -0.496 e. The van der Waals surface area contributed by atoms with Crippen LogP contribution in [0.2, 0.25) is 0 Å². The second-order valence-electron chi connectivity index (χ2n) is 13.0. The number of ketones is 1. The minimum atomic E-state index is -0.554. The monoisotopic (exact) mass is 573 g/mol. The summed E-state index contributed by atoms with van der Waals surface area (Å²) in [5, 5.41) is 16.1. The molecule has 2 saturated carbocycles. The van der Waals surface area contributed by atoms with Crippen LogP contribution in [0.15, 0.2) is 36.7 Å². The number of piperidine rings is 1. The van der Waals surface area contributed by atoms with Gasteiger partial charge >= 0.3 is 0 Å².